The van der Waals surface area contributed by atoms with E-state index in [1.54, 1.807) is 20.0 Å². The normalized spacial score (nSPS) is 11.6. The van der Waals surface area contributed by atoms with Crippen molar-refractivity contribution in [2.75, 3.05) is 22.9 Å². The summed E-state index contributed by atoms with van der Waals surface area (Å²) >= 11 is 0. The number of carboxylic acids is 1. The predicted molar refractivity (Wildman–Crippen MR) is 131 cm³/mol. The number of anilines is 2. The number of nitrogens with zero attached hydrogens (tertiary/aromatic N) is 5. The fourth-order valence-electron chi connectivity index (χ4n) is 3.23. The zero-order valence-corrected chi connectivity index (χ0v) is 19.9. The molecule has 0 unspecified atom stereocenters. The van der Waals surface area contributed by atoms with Crippen molar-refractivity contribution in [3.8, 4) is 0 Å². The lowest BCUT2D eigenvalue weighted by Gasteiger charge is -2.37. The van der Waals surface area contributed by atoms with Crippen LogP contribution < -0.4 is 15.6 Å². The molecule has 0 atom stereocenters. The van der Waals surface area contributed by atoms with Crippen molar-refractivity contribution in [3.63, 3.8) is 0 Å². The molecule has 0 aliphatic rings. The first kappa shape index (κ1) is 26.5. The zero-order valence-electron chi connectivity index (χ0n) is 19.9. The molecule has 9 nitrogen and oxygen atoms in total. The summed E-state index contributed by atoms with van der Waals surface area (Å²) < 4.78 is 13.6. The van der Waals surface area contributed by atoms with Gasteiger partial charge in [-0.25, -0.2) is 20.0 Å². The van der Waals surface area contributed by atoms with E-state index in [4.69, 9.17) is 5.84 Å². The highest BCUT2D eigenvalue weighted by atomic mass is 19.1. The van der Waals surface area contributed by atoms with Crippen molar-refractivity contribution in [2.45, 2.75) is 39.8 Å². The van der Waals surface area contributed by atoms with Gasteiger partial charge in [0, 0.05) is 31.2 Å². The molecule has 2 aromatic rings. The Balaban J connectivity index is 2.42. The van der Waals surface area contributed by atoms with E-state index in [0.29, 0.717) is 5.69 Å². The second-order valence-corrected chi connectivity index (χ2v) is 8.01. The highest BCUT2D eigenvalue weighted by Crippen LogP contribution is 2.25. The maximum absolute atomic E-state index is 13.7. The summed E-state index contributed by atoms with van der Waals surface area (Å²) in [5.41, 5.74) is -0.589. The number of hydrogen-bond acceptors (Lipinski definition) is 7. The van der Waals surface area contributed by atoms with Crippen LogP contribution in [0.15, 0.2) is 59.5 Å². The third kappa shape index (κ3) is 6.16. The van der Waals surface area contributed by atoms with Crippen LogP contribution in [0.2, 0.25) is 0 Å². The van der Waals surface area contributed by atoms with E-state index in [2.05, 4.69) is 21.6 Å². The highest BCUT2D eigenvalue weighted by Gasteiger charge is 2.37. The number of pyridine rings is 1. The Hall–Kier alpha value is -3.79. The van der Waals surface area contributed by atoms with Crippen molar-refractivity contribution in [1.29, 1.82) is 0 Å². The molecule has 0 saturated carbocycles. The predicted octanol–water partition coefficient (Wildman–Crippen LogP) is 3.18. The van der Waals surface area contributed by atoms with Crippen LogP contribution in [0, 0.1) is 5.82 Å². The summed E-state index contributed by atoms with van der Waals surface area (Å²) in [6.45, 7) is 12.2. The molecule has 0 spiro atoms. The second-order valence-electron chi connectivity index (χ2n) is 8.01. The number of halogens is 1. The molecule has 0 aliphatic carbocycles. The lowest BCUT2D eigenvalue weighted by atomic mass is 10.0. The topological polar surface area (TPSA) is 115 Å². The maximum Gasteiger partial charge on any atom is 0.356 e. The molecule has 1 amide bonds. The molecule has 1 aromatic carbocycles. The Morgan fingerprint density at radius 2 is 1.79 bits per heavy atom. The SMILES string of the molecule is C=N/C(=C\N(N)C(C)(C)C(=O)N(Cc1ccc(N(CC)CC)nc1)c1ccc(F)cc1)C(=O)O. The summed E-state index contributed by atoms with van der Waals surface area (Å²) in [6, 6.07) is 9.26. The highest BCUT2D eigenvalue weighted by molar-refractivity contribution is 5.99. The van der Waals surface area contributed by atoms with Crippen molar-refractivity contribution in [3.05, 3.63) is 65.9 Å². The summed E-state index contributed by atoms with van der Waals surface area (Å²) in [6.07, 6.45) is 2.73. The summed E-state index contributed by atoms with van der Waals surface area (Å²) in [7, 11) is 0. The van der Waals surface area contributed by atoms with Crippen LogP contribution in [0.1, 0.15) is 33.3 Å². The van der Waals surface area contributed by atoms with Crippen LogP contribution in [0.5, 0.6) is 0 Å². The van der Waals surface area contributed by atoms with Gasteiger partial charge in [0.25, 0.3) is 5.91 Å². The Bertz CT molecular complexity index is 1030. The van der Waals surface area contributed by atoms with Crippen LogP contribution in [0.25, 0.3) is 0 Å². The number of aromatic nitrogens is 1. The summed E-state index contributed by atoms with van der Waals surface area (Å²) in [4.78, 5) is 36.4. The average molecular weight is 471 g/mol. The molecule has 10 heteroatoms. The number of aliphatic imine (C=N–C) groups is 1. The fraction of sp³-hybridized carbons (Fsp3) is 0.333. The Morgan fingerprint density at radius 3 is 2.26 bits per heavy atom. The van der Waals surface area contributed by atoms with Crippen LogP contribution in [-0.4, -0.2) is 52.3 Å². The largest absolute Gasteiger partial charge is 0.476 e. The quantitative estimate of drug-likeness (QED) is 0.224. The molecule has 182 valence electrons. The van der Waals surface area contributed by atoms with E-state index in [0.717, 1.165) is 35.7 Å². The van der Waals surface area contributed by atoms with Crippen molar-refractivity contribution >= 4 is 30.1 Å². The number of carboxylic acid groups (broad SMARTS) is 1. The van der Waals surface area contributed by atoms with Gasteiger partial charge in [-0.1, -0.05) is 6.07 Å². The van der Waals surface area contributed by atoms with Gasteiger partial charge < -0.3 is 19.9 Å². The minimum Gasteiger partial charge on any atom is -0.476 e. The average Bonchev–Trinajstić information content (AvgIpc) is 2.82. The van der Waals surface area contributed by atoms with Gasteiger partial charge >= 0.3 is 5.97 Å². The molecule has 0 aliphatic heterocycles. The monoisotopic (exact) mass is 470 g/mol. The van der Waals surface area contributed by atoms with E-state index in [9.17, 15) is 19.1 Å². The number of hydrazine groups is 1. The van der Waals surface area contributed by atoms with Crippen molar-refractivity contribution in [2.24, 2.45) is 10.8 Å². The van der Waals surface area contributed by atoms with E-state index in [1.807, 2.05) is 26.0 Å². The van der Waals surface area contributed by atoms with Gasteiger partial charge in [-0.05, 0) is 70.3 Å². The van der Waals surface area contributed by atoms with Crippen LogP contribution in [0.3, 0.4) is 0 Å². The lowest BCUT2D eigenvalue weighted by Crippen LogP contribution is -2.57. The number of nitrogens with two attached hydrogens (primary N) is 1. The summed E-state index contributed by atoms with van der Waals surface area (Å²) in [5.74, 6) is 4.68. The molecule has 34 heavy (non-hydrogen) atoms. The summed E-state index contributed by atoms with van der Waals surface area (Å²) in [5, 5.41) is 10.2. The molecular weight excluding hydrogens is 439 g/mol. The van der Waals surface area contributed by atoms with Gasteiger partial charge in [0.2, 0.25) is 0 Å². The van der Waals surface area contributed by atoms with Gasteiger partial charge in [0.1, 0.15) is 17.2 Å². The number of carbonyl (C=O) groups excluding carboxylic acids is 1. The molecular formula is C24H31FN6O3. The van der Waals surface area contributed by atoms with Crippen LogP contribution in [0.4, 0.5) is 15.9 Å². The number of rotatable bonds is 11. The van der Waals surface area contributed by atoms with Crippen LogP contribution >= 0.6 is 0 Å². The molecule has 2 rings (SSSR count). The van der Waals surface area contributed by atoms with E-state index in [1.165, 1.54) is 29.2 Å². The first-order valence-electron chi connectivity index (χ1n) is 10.8. The number of aliphatic carboxylic acids is 1. The Labute approximate surface area is 199 Å². The van der Waals surface area contributed by atoms with Gasteiger partial charge in [-0.3, -0.25) is 9.79 Å². The first-order chi connectivity index (χ1) is 16.0. The number of amides is 1. The minimum absolute atomic E-state index is 0.141. The Kier molecular flexibility index (Phi) is 8.85. The Morgan fingerprint density at radius 1 is 1.18 bits per heavy atom. The fourth-order valence-corrected chi connectivity index (χ4v) is 3.23. The van der Waals surface area contributed by atoms with Gasteiger partial charge in [0.15, 0.2) is 5.70 Å². The van der Waals surface area contributed by atoms with Gasteiger partial charge in [0.05, 0.1) is 6.54 Å². The third-order valence-electron chi connectivity index (χ3n) is 5.44. The van der Waals surface area contributed by atoms with Gasteiger partial charge in [-0.15, -0.1) is 0 Å². The van der Waals surface area contributed by atoms with Crippen molar-refractivity contribution < 1.29 is 19.1 Å². The minimum atomic E-state index is -1.38. The van der Waals surface area contributed by atoms with Crippen LogP contribution in [-0.2, 0) is 16.1 Å². The van der Waals surface area contributed by atoms with E-state index < -0.39 is 28.9 Å². The first-order valence-corrected chi connectivity index (χ1v) is 10.8. The van der Waals surface area contributed by atoms with E-state index in [-0.39, 0.29) is 6.54 Å². The lowest BCUT2D eigenvalue weighted by molar-refractivity contribution is -0.133. The van der Waals surface area contributed by atoms with E-state index >= 15 is 0 Å². The smallest absolute Gasteiger partial charge is 0.356 e. The third-order valence-corrected chi connectivity index (χ3v) is 5.44. The molecule has 3 N–H and O–H groups in total. The second kappa shape index (κ2) is 11.4. The number of benzene rings is 1. The number of hydrogen-bond donors (Lipinski definition) is 2. The van der Waals surface area contributed by atoms with Gasteiger partial charge in [-0.2, -0.15) is 0 Å². The van der Waals surface area contributed by atoms with Crippen molar-refractivity contribution in [1.82, 2.24) is 9.99 Å². The molecule has 1 aromatic heterocycles. The molecule has 0 fully saturated rings. The molecule has 0 radical (unpaired) electrons. The molecule has 0 bridgehead atoms. The molecule has 0 saturated heterocycles. The number of carbonyl (C=O) groups is 2. The molecule has 1 heterocycles. The maximum atomic E-state index is 13.7. The standard InChI is InChI=1S/C24H31FN6O3/c1-6-29(7-2)21-13-8-17(14-28-21)15-30(19-11-9-18(25)10-12-19)23(34)24(3,4)31(26)16-20(27-5)22(32)33/h8-14,16H,5-7,15,26H2,1-4H3,(H,32,33)/b20-16-. The zero-order chi connectivity index (χ0) is 25.5.